The van der Waals surface area contributed by atoms with Crippen LogP contribution in [0.15, 0.2) is 108 Å². The number of allylic oxidation sites excluding steroid dienone is 4. The Bertz CT molecular complexity index is 1500. The molecule has 0 amide bonds. The zero-order valence-electron chi connectivity index (χ0n) is 17.5. The van der Waals surface area contributed by atoms with Crippen LogP contribution in [-0.4, -0.2) is 0 Å². The van der Waals surface area contributed by atoms with Crippen molar-refractivity contribution in [2.75, 3.05) is 0 Å². The average Bonchev–Trinajstić information content (AvgIpc) is 3.25. The van der Waals surface area contributed by atoms with Crippen molar-refractivity contribution in [1.82, 2.24) is 0 Å². The van der Waals surface area contributed by atoms with Crippen molar-refractivity contribution >= 4 is 39.1 Å². The molecule has 4 aromatic carbocycles. The first kappa shape index (κ1) is 19.2. The van der Waals surface area contributed by atoms with Gasteiger partial charge in [-0.25, -0.2) is 0 Å². The van der Waals surface area contributed by atoms with Crippen LogP contribution < -0.4 is 0 Å². The van der Waals surface area contributed by atoms with Gasteiger partial charge in [0.2, 0.25) is 0 Å². The lowest BCUT2D eigenvalue weighted by atomic mass is 9.96. The molecule has 0 fully saturated rings. The lowest BCUT2D eigenvalue weighted by Gasteiger charge is -2.09. The smallest absolute Gasteiger partial charge is 0.143 e. The van der Waals surface area contributed by atoms with Crippen LogP contribution >= 0.6 is 11.6 Å². The first-order chi connectivity index (χ1) is 15.8. The Morgan fingerprint density at radius 2 is 1.34 bits per heavy atom. The van der Waals surface area contributed by atoms with Crippen molar-refractivity contribution in [3.63, 3.8) is 0 Å². The van der Waals surface area contributed by atoms with Crippen molar-refractivity contribution in [3.05, 3.63) is 114 Å². The molecule has 0 aliphatic heterocycles. The summed E-state index contributed by atoms with van der Waals surface area (Å²) in [6, 6.07) is 29.6. The molecule has 1 aliphatic carbocycles. The molecule has 1 nitrogen and oxygen atoms in total. The summed E-state index contributed by atoms with van der Waals surface area (Å²) in [5.74, 6) is 0. The molecule has 0 N–H and O–H groups in total. The van der Waals surface area contributed by atoms with E-state index in [1.807, 2.05) is 18.2 Å². The monoisotopic (exact) mass is 432 g/mol. The summed E-state index contributed by atoms with van der Waals surface area (Å²) in [7, 11) is 0. The summed E-state index contributed by atoms with van der Waals surface area (Å²) < 4.78 is 6.21. The number of para-hydroxylation sites is 1. The molecule has 154 valence electrons. The number of hydrogen-bond donors (Lipinski definition) is 0. The molecule has 0 atom stereocenters. The fourth-order valence-corrected chi connectivity index (χ4v) is 4.82. The quantitative estimate of drug-likeness (QED) is 0.277. The summed E-state index contributed by atoms with van der Waals surface area (Å²) in [6.07, 6.45) is 9.05. The van der Waals surface area contributed by atoms with Crippen LogP contribution in [0, 0.1) is 0 Å². The first-order valence-corrected chi connectivity index (χ1v) is 11.3. The van der Waals surface area contributed by atoms with Crippen LogP contribution in [0.4, 0.5) is 0 Å². The Morgan fingerprint density at radius 1 is 0.656 bits per heavy atom. The second-order valence-electron chi connectivity index (χ2n) is 8.19. The van der Waals surface area contributed by atoms with E-state index in [4.69, 9.17) is 16.0 Å². The molecule has 2 heteroatoms. The summed E-state index contributed by atoms with van der Waals surface area (Å²) in [4.78, 5) is 0. The molecule has 0 bridgehead atoms. The number of rotatable bonds is 3. The number of hydrogen-bond acceptors (Lipinski definition) is 1. The number of halogens is 1. The molecular formula is C30H21ClO. The topological polar surface area (TPSA) is 13.1 Å². The average molecular weight is 433 g/mol. The van der Waals surface area contributed by atoms with E-state index >= 15 is 0 Å². The molecule has 1 heterocycles. The molecule has 6 rings (SSSR count). The minimum atomic E-state index is 0.719. The van der Waals surface area contributed by atoms with Gasteiger partial charge in [0.15, 0.2) is 0 Å². The van der Waals surface area contributed by atoms with Crippen LogP contribution in [0.25, 0.3) is 49.8 Å². The Morgan fingerprint density at radius 3 is 2.06 bits per heavy atom. The zero-order chi connectivity index (χ0) is 21.5. The van der Waals surface area contributed by atoms with Gasteiger partial charge in [-0.2, -0.15) is 0 Å². The molecule has 0 spiro atoms. The van der Waals surface area contributed by atoms with Gasteiger partial charge in [-0.1, -0.05) is 103 Å². The Labute approximate surface area is 192 Å². The maximum atomic E-state index is 6.46. The number of furan rings is 1. The molecular weight excluding hydrogens is 412 g/mol. The highest BCUT2D eigenvalue weighted by Crippen LogP contribution is 2.39. The second kappa shape index (κ2) is 7.85. The Hall–Kier alpha value is -3.55. The maximum absolute atomic E-state index is 6.46. The van der Waals surface area contributed by atoms with Gasteiger partial charge in [0, 0.05) is 16.3 Å². The first-order valence-electron chi connectivity index (χ1n) is 11.0. The van der Waals surface area contributed by atoms with Gasteiger partial charge in [-0.15, -0.1) is 0 Å². The molecule has 0 radical (unpaired) electrons. The molecule has 5 aromatic rings. The van der Waals surface area contributed by atoms with Crippen molar-refractivity contribution < 1.29 is 4.42 Å². The standard InChI is InChI=1S/C30H21ClO/c31-27-10-5-11-28-29(27)26-9-4-8-25(30(26)32-28)24-18-16-23(17-19-24)22-14-12-21(13-15-22)20-6-2-1-3-7-20/h2,4-19H,1,3H2. The second-order valence-corrected chi connectivity index (χ2v) is 8.60. The van der Waals surface area contributed by atoms with Crippen molar-refractivity contribution in [3.8, 4) is 22.3 Å². The molecule has 0 unspecified atom stereocenters. The molecule has 1 aliphatic rings. The van der Waals surface area contributed by atoms with Crippen LogP contribution in [0.1, 0.15) is 18.4 Å². The van der Waals surface area contributed by atoms with Crippen molar-refractivity contribution in [1.29, 1.82) is 0 Å². The molecule has 0 saturated heterocycles. The third-order valence-corrected chi connectivity index (χ3v) is 6.53. The van der Waals surface area contributed by atoms with Crippen molar-refractivity contribution in [2.45, 2.75) is 12.8 Å². The van der Waals surface area contributed by atoms with E-state index in [0.29, 0.717) is 0 Å². The summed E-state index contributed by atoms with van der Waals surface area (Å²) >= 11 is 6.46. The van der Waals surface area contributed by atoms with Gasteiger partial charge in [0.25, 0.3) is 0 Å². The maximum Gasteiger partial charge on any atom is 0.143 e. The van der Waals surface area contributed by atoms with Crippen LogP contribution in [-0.2, 0) is 0 Å². The minimum Gasteiger partial charge on any atom is -0.455 e. The molecule has 0 saturated carbocycles. The van der Waals surface area contributed by atoms with Crippen LogP contribution in [0.2, 0.25) is 5.02 Å². The number of fused-ring (bicyclic) bond motifs is 3. The van der Waals surface area contributed by atoms with Gasteiger partial charge < -0.3 is 4.42 Å². The lowest BCUT2D eigenvalue weighted by molar-refractivity contribution is 0.670. The van der Waals surface area contributed by atoms with Gasteiger partial charge in [-0.3, -0.25) is 0 Å². The predicted octanol–water partition coefficient (Wildman–Crippen LogP) is 9.31. The zero-order valence-corrected chi connectivity index (χ0v) is 18.3. The summed E-state index contributed by atoms with van der Waals surface area (Å²) in [5.41, 5.74) is 8.91. The summed E-state index contributed by atoms with van der Waals surface area (Å²) in [5, 5.41) is 2.75. The van der Waals surface area contributed by atoms with Crippen LogP contribution in [0.5, 0.6) is 0 Å². The third-order valence-electron chi connectivity index (χ3n) is 6.21. The van der Waals surface area contributed by atoms with E-state index in [1.165, 1.54) is 22.3 Å². The van der Waals surface area contributed by atoms with Gasteiger partial charge in [-0.05, 0) is 52.8 Å². The van der Waals surface area contributed by atoms with Gasteiger partial charge >= 0.3 is 0 Å². The van der Waals surface area contributed by atoms with E-state index in [-0.39, 0.29) is 0 Å². The Balaban J connectivity index is 1.35. The highest BCUT2D eigenvalue weighted by atomic mass is 35.5. The number of benzene rings is 4. The van der Waals surface area contributed by atoms with E-state index in [9.17, 15) is 0 Å². The third kappa shape index (κ3) is 3.26. The van der Waals surface area contributed by atoms with Gasteiger partial charge in [0.05, 0.1) is 5.02 Å². The lowest BCUT2D eigenvalue weighted by Crippen LogP contribution is -1.86. The van der Waals surface area contributed by atoms with Crippen LogP contribution in [0.3, 0.4) is 0 Å². The highest BCUT2D eigenvalue weighted by Gasteiger charge is 2.14. The molecule has 32 heavy (non-hydrogen) atoms. The van der Waals surface area contributed by atoms with E-state index < -0.39 is 0 Å². The Kier molecular flexibility index (Phi) is 4.70. The fraction of sp³-hybridized carbons (Fsp3) is 0.0667. The normalized spacial score (nSPS) is 13.6. The highest BCUT2D eigenvalue weighted by molar-refractivity contribution is 6.37. The van der Waals surface area contributed by atoms with E-state index in [0.717, 1.165) is 50.9 Å². The van der Waals surface area contributed by atoms with Crippen molar-refractivity contribution in [2.24, 2.45) is 0 Å². The van der Waals surface area contributed by atoms with Gasteiger partial charge in [0.1, 0.15) is 11.2 Å². The van der Waals surface area contributed by atoms with E-state index in [2.05, 4.69) is 85.0 Å². The minimum absolute atomic E-state index is 0.719. The summed E-state index contributed by atoms with van der Waals surface area (Å²) in [6.45, 7) is 0. The van der Waals surface area contributed by atoms with E-state index in [1.54, 1.807) is 0 Å². The molecule has 1 aromatic heterocycles. The SMILES string of the molecule is Clc1cccc2oc3c(-c4ccc(-c5ccc(C6=CCCC=C6)cc5)cc4)cccc3c12. The predicted molar refractivity (Wildman–Crippen MR) is 136 cm³/mol. The fourth-order valence-electron chi connectivity index (χ4n) is 4.56. The largest absolute Gasteiger partial charge is 0.455 e.